The largest absolute Gasteiger partial charge is 0.393 e. The Labute approximate surface area is 114 Å². The summed E-state index contributed by atoms with van der Waals surface area (Å²) < 4.78 is 14.6. The van der Waals surface area contributed by atoms with Crippen molar-refractivity contribution in [3.8, 4) is 0 Å². The molecule has 1 N–H and O–H groups in total. The molecular weight excluding hydrogens is 299 g/mol. The molecule has 98 valence electrons. The van der Waals surface area contributed by atoms with Gasteiger partial charge in [-0.2, -0.15) is 0 Å². The Balaban J connectivity index is 1.83. The highest BCUT2D eigenvalue weighted by Gasteiger charge is 2.38. The zero-order valence-corrected chi connectivity index (χ0v) is 11.6. The van der Waals surface area contributed by atoms with Gasteiger partial charge in [0.05, 0.1) is 22.5 Å². The molecule has 0 amide bonds. The smallest absolute Gasteiger partial charge is 0.165 e. The standard InChI is InChI=1S/C13H16BrFN2O/c14-11-4-16-5-12(15)13(11)17-6-8-1-2-10(18)3-9(8)7-17/h4-5,8-10,18H,1-3,6-7H2/t8-,9+,10-/m1/s1. The van der Waals surface area contributed by atoms with E-state index < -0.39 is 0 Å². The maximum absolute atomic E-state index is 13.9. The van der Waals surface area contributed by atoms with Gasteiger partial charge in [-0.15, -0.1) is 0 Å². The highest BCUT2D eigenvalue weighted by atomic mass is 79.9. The van der Waals surface area contributed by atoms with Crippen LogP contribution in [0.25, 0.3) is 0 Å². The molecule has 1 aromatic heterocycles. The maximum Gasteiger partial charge on any atom is 0.165 e. The lowest BCUT2D eigenvalue weighted by Crippen LogP contribution is -2.26. The molecule has 0 aromatic carbocycles. The molecule has 18 heavy (non-hydrogen) atoms. The number of pyridine rings is 1. The first-order chi connectivity index (χ1) is 8.65. The molecule has 0 unspecified atom stereocenters. The molecule has 2 aliphatic rings. The van der Waals surface area contributed by atoms with Crippen LogP contribution in [0.15, 0.2) is 16.9 Å². The molecule has 1 aliphatic carbocycles. The van der Waals surface area contributed by atoms with E-state index in [2.05, 4.69) is 25.8 Å². The summed E-state index contributed by atoms with van der Waals surface area (Å²) in [4.78, 5) is 5.92. The highest BCUT2D eigenvalue weighted by molar-refractivity contribution is 9.10. The van der Waals surface area contributed by atoms with E-state index in [1.165, 1.54) is 6.20 Å². The summed E-state index contributed by atoms with van der Waals surface area (Å²) in [5.41, 5.74) is 0.619. The van der Waals surface area contributed by atoms with Crippen molar-refractivity contribution in [2.75, 3.05) is 18.0 Å². The van der Waals surface area contributed by atoms with Gasteiger partial charge in [-0.1, -0.05) is 0 Å². The third kappa shape index (κ3) is 2.14. The third-order valence-corrected chi connectivity index (χ3v) is 4.75. The van der Waals surface area contributed by atoms with E-state index in [9.17, 15) is 9.50 Å². The SMILES string of the molecule is O[C@@H]1CC[C@@H]2CN(c3c(F)cncc3Br)C[C@@H]2C1. The Morgan fingerprint density at radius 2 is 2.06 bits per heavy atom. The van der Waals surface area contributed by atoms with Crippen molar-refractivity contribution in [2.45, 2.75) is 25.4 Å². The quantitative estimate of drug-likeness (QED) is 0.865. The number of hydrogen-bond acceptors (Lipinski definition) is 3. The molecule has 3 atom stereocenters. The molecule has 1 saturated heterocycles. The lowest BCUT2D eigenvalue weighted by atomic mass is 9.80. The molecule has 5 heteroatoms. The van der Waals surface area contributed by atoms with E-state index in [1.54, 1.807) is 6.20 Å². The van der Waals surface area contributed by atoms with Crippen molar-refractivity contribution in [3.05, 3.63) is 22.7 Å². The van der Waals surface area contributed by atoms with Gasteiger partial charge in [0.25, 0.3) is 0 Å². The van der Waals surface area contributed by atoms with Gasteiger partial charge in [-0.05, 0) is 47.0 Å². The average Bonchev–Trinajstić information content (AvgIpc) is 2.71. The molecule has 1 aliphatic heterocycles. The normalized spacial score (nSPS) is 31.5. The Morgan fingerprint density at radius 3 is 2.83 bits per heavy atom. The monoisotopic (exact) mass is 314 g/mol. The minimum Gasteiger partial charge on any atom is -0.393 e. The summed E-state index contributed by atoms with van der Waals surface area (Å²) in [7, 11) is 0. The van der Waals surface area contributed by atoms with Gasteiger partial charge in [0.1, 0.15) is 0 Å². The number of aromatic nitrogens is 1. The van der Waals surface area contributed by atoms with Crippen LogP contribution in [0.4, 0.5) is 10.1 Å². The molecule has 0 bridgehead atoms. The summed E-state index contributed by atoms with van der Waals surface area (Å²) in [6, 6.07) is 0. The predicted octanol–water partition coefficient (Wildman–Crippen LogP) is 2.58. The summed E-state index contributed by atoms with van der Waals surface area (Å²) in [6.07, 6.45) is 5.51. The minimum atomic E-state index is -0.274. The first-order valence-electron chi connectivity index (χ1n) is 6.37. The van der Waals surface area contributed by atoms with Crippen molar-refractivity contribution >= 4 is 21.6 Å². The van der Waals surface area contributed by atoms with Gasteiger partial charge in [-0.25, -0.2) is 4.39 Å². The van der Waals surface area contributed by atoms with Crippen LogP contribution in [0.3, 0.4) is 0 Å². The van der Waals surface area contributed by atoms with Gasteiger partial charge in [0, 0.05) is 19.3 Å². The lowest BCUT2D eigenvalue weighted by Gasteiger charge is -2.27. The second kappa shape index (κ2) is 4.78. The second-order valence-electron chi connectivity index (χ2n) is 5.34. The van der Waals surface area contributed by atoms with E-state index in [-0.39, 0.29) is 11.9 Å². The van der Waals surface area contributed by atoms with Crippen molar-refractivity contribution in [1.29, 1.82) is 0 Å². The van der Waals surface area contributed by atoms with Crippen LogP contribution in [0.5, 0.6) is 0 Å². The highest BCUT2D eigenvalue weighted by Crippen LogP contribution is 2.40. The Hall–Kier alpha value is -0.680. The number of aliphatic hydroxyl groups is 1. The van der Waals surface area contributed by atoms with Gasteiger partial charge < -0.3 is 10.0 Å². The van der Waals surface area contributed by atoms with Crippen LogP contribution in [0, 0.1) is 17.7 Å². The van der Waals surface area contributed by atoms with Crippen molar-refractivity contribution in [2.24, 2.45) is 11.8 Å². The summed E-state index contributed by atoms with van der Waals surface area (Å²) in [6.45, 7) is 1.72. The molecular formula is C13H16BrFN2O. The zero-order valence-electron chi connectivity index (χ0n) is 10.0. The minimum absolute atomic E-state index is 0.170. The molecule has 3 nitrogen and oxygen atoms in total. The molecule has 1 aromatic rings. The summed E-state index contributed by atoms with van der Waals surface area (Å²) in [5.74, 6) is 0.810. The number of halogens is 2. The first kappa shape index (κ1) is 12.4. The Kier molecular flexibility index (Phi) is 3.28. The van der Waals surface area contributed by atoms with E-state index in [0.717, 1.165) is 32.4 Å². The number of fused-ring (bicyclic) bond motifs is 1. The number of anilines is 1. The number of nitrogens with zero attached hydrogens (tertiary/aromatic N) is 2. The predicted molar refractivity (Wildman–Crippen MR) is 70.9 cm³/mol. The third-order valence-electron chi connectivity index (χ3n) is 4.17. The van der Waals surface area contributed by atoms with Crippen LogP contribution in [0.2, 0.25) is 0 Å². The first-order valence-corrected chi connectivity index (χ1v) is 7.16. The van der Waals surface area contributed by atoms with Gasteiger partial charge in [-0.3, -0.25) is 4.98 Å². The van der Waals surface area contributed by atoms with Crippen molar-refractivity contribution in [1.82, 2.24) is 4.98 Å². The van der Waals surface area contributed by atoms with E-state index in [0.29, 0.717) is 22.0 Å². The number of hydrogen-bond donors (Lipinski definition) is 1. The van der Waals surface area contributed by atoms with Crippen molar-refractivity contribution in [3.63, 3.8) is 0 Å². The van der Waals surface area contributed by atoms with Crippen LogP contribution in [-0.2, 0) is 0 Å². The fraction of sp³-hybridized carbons (Fsp3) is 0.615. The van der Waals surface area contributed by atoms with Crippen LogP contribution in [0.1, 0.15) is 19.3 Å². The Bertz CT molecular complexity index is 436. The Morgan fingerprint density at radius 1 is 1.28 bits per heavy atom. The van der Waals surface area contributed by atoms with Crippen LogP contribution < -0.4 is 4.90 Å². The summed E-state index contributed by atoms with van der Waals surface area (Å²) >= 11 is 3.37. The van der Waals surface area contributed by atoms with Crippen LogP contribution >= 0.6 is 15.9 Å². The van der Waals surface area contributed by atoms with Crippen molar-refractivity contribution < 1.29 is 9.50 Å². The van der Waals surface area contributed by atoms with Gasteiger partial charge >= 0.3 is 0 Å². The average molecular weight is 315 g/mol. The molecule has 0 radical (unpaired) electrons. The van der Waals surface area contributed by atoms with E-state index in [4.69, 9.17) is 0 Å². The van der Waals surface area contributed by atoms with Crippen LogP contribution in [-0.4, -0.2) is 29.3 Å². The number of rotatable bonds is 1. The topological polar surface area (TPSA) is 36.4 Å². The van der Waals surface area contributed by atoms with Gasteiger partial charge in [0.2, 0.25) is 0 Å². The summed E-state index contributed by atoms with van der Waals surface area (Å²) in [5, 5.41) is 9.71. The second-order valence-corrected chi connectivity index (χ2v) is 6.20. The molecule has 2 heterocycles. The fourth-order valence-corrected chi connectivity index (χ4v) is 3.85. The lowest BCUT2D eigenvalue weighted by molar-refractivity contribution is 0.0867. The molecule has 1 saturated carbocycles. The van der Waals surface area contributed by atoms with E-state index in [1.807, 2.05) is 0 Å². The zero-order chi connectivity index (χ0) is 12.7. The molecule has 3 rings (SSSR count). The number of aliphatic hydroxyl groups excluding tert-OH is 1. The molecule has 2 fully saturated rings. The fourth-order valence-electron chi connectivity index (χ4n) is 3.30. The van der Waals surface area contributed by atoms with Gasteiger partial charge in [0.15, 0.2) is 5.82 Å². The molecule has 0 spiro atoms. The van der Waals surface area contributed by atoms with E-state index >= 15 is 0 Å². The maximum atomic E-state index is 13.9.